The van der Waals surface area contributed by atoms with Crippen molar-refractivity contribution in [1.29, 1.82) is 0 Å². The fourth-order valence-corrected chi connectivity index (χ4v) is 5.19. The highest BCUT2D eigenvalue weighted by atomic mass is 16.5. The highest BCUT2D eigenvalue weighted by molar-refractivity contribution is 5.75. The van der Waals surface area contributed by atoms with Gasteiger partial charge in [-0.05, 0) is 59.9 Å². The minimum atomic E-state index is -1.26. The van der Waals surface area contributed by atoms with Gasteiger partial charge in [0.15, 0.2) is 34.5 Å². The molecule has 10 heteroatoms. The first-order valence-corrected chi connectivity index (χ1v) is 12.8. The predicted molar refractivity (Wildman–Crippen MR) is 144 cm³/mol. The summed E-state index contributed by atoms with van der Waals surface area (Å²) < 4.78 is 21.1. The summed E-state index contributed by atoms with van der Waals surface area (Å²) in [7, 11) is 4.24. The maximum absolute atomic E-state index is 12.8. The molecule has 4 atom stereocenters. The molecule has 1 aliphatic rings. The van der Waals surface area contributed by atoms with Crippen molar-refractivity contribution >= 4 is 5.97 Å². The third-order valence-electron chi connectivity index (χ3n) is 7.42. The van der Waals surface area contributed by atoms with Crippen molar-refractivity contribution in [1.82, 2.24) is 0 Å². The van der Waals surface area contributed by atoms with E-state index in [1.807, 2.05) is 0 Å². The summed E-state index contributed by atoms with van der Waals surface area (Å²) in [6, 6.07) is 12.6. The van der Waals surface area contributed by atoms with E-state index in [4.69, 9.17) is 18.9 Å². The van der Waals surface area contributed by atoms with Crippen molar-refractivity contribution in [3.05, 3.63) is 70.8 Å². The van der Waals surface area contributed by atoms with Crippen LogP contribution in [0.2, 0.25) is 0 Å². The topological polar surface area (TPSA) is 155 Å². The van der Waals surface area contributed by atoms with Crippen molar-refractivity contribution in [2.24, 2.45) is 11.8 Å². The van der Waals surface area contributed by atoms with Crippen molar-refractivity contribution in [3.63, 3.8) is 0 Å². The van der Waals surface area contributed by atoms with E-state index in [9.17, 15) is 30.3 Å². The van der Waals surface area contributed by atoms with Crippen molar-refractivity contribution in [3.8, 4) is 34.5 Å². The summed E-state index contributed by atoms with van der Waals surface area (Å²) >= 11 is 0. The second kappa shape index (κ2) is 12.4. The summed E-state index contributed by atoms with van der Waals surface area (Å²) in [4.78, 5) is 12.8. The molecule has 10 nitrogen and oxygen atoms in total. The summed E-state index contributed by atoms with van der Waals surface area (Å²) in [6.45, 7) is -0.281. The van der Waals surface area contributed by atoms with Gasteiger partial charge >= 0.3 is 5.97 Å². The lowest BCUT2D eigenvalue weighted by Crippen LogP contribution is -2.21. The Morgan fingerprint density at radius 3 is 2.12 bits per heavy atom. The van der Waals surface area contributed by atoms with E-state index in [0.29, 0.717) is 23.3 Å². The first kappa shape index (κ1) is 28.8. The number of methoxy groups -OCH3 is 3. The molecule has 0 radical (unpaired) electrons. The van der Waals surface area contributed by atoms with Crippen LogP contribution < -0.4 is 14.2 Å². The number of cyclic esters (lactones) is 1. The third-order valence-corrected chi connectivity index (χ3v) is 7.42. The van der Waals surface area contributed by atoms with E-state index < -0.39 is 24.5 Å². The van der Waals surface area contributed by atoms with E-state index in [-0.39, 0.29) is 59.2 Å². The molecule has 3 aromatic carbocycles. The fourth-order valence-electron chi connectivity index (χ4n) is 5.19. The van der Waals surface area contributed by atoms with Crippen LogP contribution in [-0.2, 0) is 22.4 Å². The zero-order chi connectivity index (χ0) is 29.0. The van der Waals surface area contributed by atoms with Crippen LogP contribution in [0.15, 0.2) is 48.5 Å². The van der Waals surface area contributed by atoms with Crippen LogP contribution in [0.3, 0.4) is 0 Å². The smallest absolute Gasteiger partial charge is 0.309 e. The van der Waals surface area contributed by atoms with E-state index in [1.54, 1.807) is 30.3 Å². The predicted octanol–water partition coefficient (Wildman–Crippen LogP) is 3.21. The molecule has 1 saturated heterocycles. The molecule has 214 valence electrons. The zero-order valence-electron chi connectivity index (χ0n) is 22.5. The molecule has 0 unspecified atom stereocenters. The number of carbonyl (C=O) groups is 1. The normalized spacial score (nSPS) is 18.2. The largest absolute Gasteiger partial charge is 0.504 e. The highest BCUT2D eigenvalue weighted by Gasteiger charge is 2.37. The molecule has 4 rings (SSSR count). The summed E-state index contributed by atoms with van der Waals surface area (Å²) in [5.74, 6) is -1.66. The van der Waals surface area contributed by atoms with Crippen LogP contribution >= 0.6 is 0 Å². The second-order valence-electron chi connectivity index (χ2n) is 9.81. The Kier molecular flexibility index (Phi) is 8.91. The SMILES string of the molecule is COc1cc(C[C@H]2COC(=O)[C@@H]2Cc2cc(OC)c(O)c([C@H](CO)[C@H](O)c3ccc(O)c(OC)c3)c2)ccc1O. The number of aromatic hydroxyl groups is 3. The minimum absolute atomic E-state index is 0.0247. The standard InChI is InChI=1S/C30H34O10/c1-37-25-11-16(4-6-23(25)32)8-19-15-40-30(36)20(19)9-17-10-21(29(35)27(12-17)39-3)22(14-31)28(34)18-5-7-24(33)26(13-18)38-2/h4-7,10-13,19-20,22,28,31-35H,8-9,14-15H2,1-3H3/t19-,20+,22-,28+/m0/s1. The van der Waals surface area contributed by atoms with Crippen molar-refractivity contribution < 1.29 is 49.3 Å². The number of phenolic OH excluding ortho intramolecular Hbond substituents is 3. The van der Waals surface area contributed by atoms with Crippen molar-refractivity contribution in [2.75, 3.05) is 34.5 Å². The lowest BCUT2D eigenvalue weighted by atomic mass is 9.83. The van der Waals surface area contributed by atoms with Gasteiger partial charge in [-0.25, -0.2) is 0 Å². The molecule has 5 N–H and O–H groups in total. The van der Waals surface area contributed by atoms with Gasteiger partial charge in [-0.1, -0.05) is 18.2 Å². The molecule has 0 aromatic heterocycles. The second-order valence-corrected chi connectivity index (χ2v) is 9.81. The fraction of sp³-hybridized carbons (Fsp3) is 0.367. The van der Waals surface area contributed by atoms with Gasteiger partial charge < -0.3 is 44.5 Å². The summed E-state index contributed by atoms with van der Waals surface area (Å²) in [5.41, 5.74) is 2.12. The molecule has 0 aliphatic carbocycles. The first-order chi connectivity index (χ1) is 19.2. The van der Waals surface area contributed by atoms with Crippen LogP contribution in [0, 0.1) is 11.8 Å². The average molecular weight is 555 g/mol. The van der Waals surface area contributed by atoms with Gasteiger partial charge in [-0.15, -0.1) is 0 Å². The van der Waals surface area contributed by atoms with Crippen molar-refractivity contribution in [2.45, 2.75) is 24.9 Å². The molecule has 0 amide bonds. The number of aliphatic hydroxyl groups excluding tert-OH is 2. The Hall–Kier alpha value is -4.15. The molecule has 40 heavy (non-hydrogen) atoms. The number of phenols is 3. The summed E-state index contributed by atoms with van der Waals surface area (Å²) in [6.07, 6.45) is -0.488. The molecule has 1 aliphatic heterocycles. The minimum Gasteiger partial charge on any atom is -0.504 e. The molecule has 0 bridgehead atoms. The number of hydrogen-bond acceptors (Lipinski definition) is 10. The Morgan fingerprint density at radius 2 is 1.48 bits per heavy atom. The monoisotopic (exact) mass is 554 g/mol. The Balaban J connectivity index is 1.63. The number of aliphatic hydroxyl groups is 2. The average Bonchev–Trinajstić information content (AvgIpc) is 3.29. The van der Waals surface area contributed by atoms with E-state index in [1.165, 1.54) is 39.5 Å². The number of rotatable bonds is 11. The molecule has 0 saturated carbocycles. The molecule has 1 heterocycles. The Labute approximate surface area is 232 Å². The van der Waals surface area contributed by atoms with Gasteiger partial charge in [0.2, 0.25) is 0 Å². The lowest BCUT2D eigenvalue weighted by Gasteiger charge is -2.25. The lowest BCUT2D eigenvalue weighted by molar-refractivity contribution is -0.141. The van der Waals surface area contributed by atoms with E-state index in [0.717, 1.165) is 5.56 Å². The third kappa shape index (κ3) is 5.88. The van der Waals surface area contributed by atoms with Gasteiger partial charge in [-0.3, -0.25) is 4.79 Å². The maximum Gasteiger partial charge on any atom is 0.309 e. The molecular formula is C30H34O10. The van der Waals surface area contributed by atoms with E-state index >= 15 is 0 Å². The maximum atomic E-state index is 12.8. The molecule has 3 aromatic rings. The zero-order valence-corrected chi connectivity index (χ0v) is 22.5. The molecular weight excluding hydrogens is 520 g/mol. The number of esters is 1. The number of ether oxygens (including phenoxy) is 4. The van der Waals surface area contributed by atoms with Gasteiger partial charge in [0.25, 0.3) is 0 Å². The van der Waals surface area contributed by atoms with Gasteiger partial charge in [0.05, 0.1) is 46.6 Å². The van der Waals surface area contributed by atoms with Crippen LogP contribution in [0.25, 0.3) is 0 Å². The van der Waals surface area contributed by atoms with Crippen LogP contribution in [0.1, 0.15) is 34.3 Å². The highest BCUT2D eigenvalue weighted by Crippen LogP contribution is 2.43. The Morgan fingerprint density at radius 1 is 0.850 bits per heavy atom. The quantitative estimate of drug-likeness (QED) is 0.223. The molecule has 0 spiro atoms. The number of carbonyl (C=O) groups excluding carboxylic acids is 1. The molecule has 1 fully saturated rings. The van der Waals surface area contributed by atoms with Crippen LogP contribution in [-0.4, -0.2) is 66.0 Å². The van der Waals surface area contributed by atoms with Gasteiger partial charge in [0, 0.05) is 17.4 Å². The number of hydrogen-bond donors (Lipinski definition) is 5. The van der Waals surface area contributed by atoms with Gasteiger partial charge in [0.1, 0.15) is 0 Å². The van der Waals surface area contributed by atoms with E-state index in [2.05, 4.69) is 0 Å². The van der Waals surface area contributed by atoms with Crippen LogP contribution in [0.5, 0.6) is 34.5 Å². The first-order valence-electron chi connectivity index (χ1n) is 12.8. The Bertz CT molecular complexity index is 1350. The van der Waals surface area contributed by atoms with Crippen LogP contribution in [0.4, 0.5) is 0 Å². The van der Waals surface area contributed by atoms with Gasteiger partial charge in [-0.2, -0.15) is 0 Å². The number of benzene rings is 3. The summed E-state index contributed by atoms with van der Waals surface area (Å²) in [5, 5.41) is 52.2.